The molecule has 0 N–H and O–H groups in total. The lowest BCUT2D eigenvalue weighted by molar-refractivity contribution is -0.571. The van der Waals surface area contributed by atoms with E-state index >= 15 is 0 Å². The normalized spacial score (nSPS) is 11.6. The lowest BCUT2D eigenvalue weighted by atomic mass is 9.94. The fourth-order valence-corrected chi connectivity index (χ4v) is 9.85. The first-order valence-corrected chi connectivity index (χ1v) is 22.2. The van der Waals surface area contributed by atoms with Gasteiger partial charge in [0.05, 0.1) is 44.5 Å². The predicted molar refractivity (Wildman–Crippen MR) is 268 cm³/mol. The Labute approximate surface area is 380 Å². The maximum absolute atomic E-state index is 6.73. The molecule has 0 spiro atoms. The van der Waals surface area contributed by atoms with Crippen LogP contribution in [0.5, 0.6) is 11.5 Å². The number of para-hydroxylation sites is 5. The molecule has 0 fully saturated rings. The van der Waals surface area contributed by atoms with Gasteiger partial charge in [0.25, 0.3) is 6.33 Å². The number of fused-ring (bicyclic) bond motifs is 7. The van der Waals surface area contributed by atoms with Crippen molar-refractivity contribution in [2.45, 2.75) is 0 Å². The van der Waals surface area contributed by atoms with Crippen molar-refractivity contribution in [3.8, 4) is 56.6 Å². The zero-order valence-corrected chi connectivity index (χ0v) is 35.7. The highest BCUT2D eigenvalue weighted by Gasteiger charge is 2.23. The van der Waals surface area contributed by atoms with E-state index in [0.717, 1.165) is 95.1 Å². The molecule has 0 bridgehead atoms. The van der Waals surface area contributed by atoms with Crippen molar-refractivity contribution < 1.29 is 9.30 Å². The molecule has 0 saturated heterocycles. The van der Waals surface area contributed by atoms with Crippen LogP contribution < -0.4 is 9.30 Å². The van der Waals surface area contributed by atoms with Crippen LogP contribution in [0.25, 0.3) is 99.8 Å². The van der Waals surface area contributed by atoms with Gasteiger partial charge in [0.1, 0.15) is 17.3 Å². The first-order valence-electron chi connectivity index (χ1n) is 22.2. The van der Waals surface area contributed by atoms with E-state index in [4.69, 9.17) is 9.72 Å². The fraction of sp³-hybridized carbons (Fsp3) is 0. The van der Waals surface area contributed by atoms with E-state index in [2.05, 4.69) is 225 Å². The Bertz CT molecular complexity index is 3850. The number of hydrogen-bond acceptors (Lipinski definition) is 2. The highest BCUT2D eigenvalue weighted by Crippen LogP contribution is 2.41. The average molecular weight is 846 g/mol. The summed E-state index contributed by atoms with van der Waals surface area (Å²) in [6.07, 6.45) is 5.71. The molecule has 0 aliphatic heterocycles. The molecular formula is C60H39N5O. The van der Waals surface area contributed by atoms with Gasteiger partial charge in [-0.25, -0.2) is 4.98 Å². The Balaban J connectivity index is 0.988. The van der Waals surface area contributed by atoms with Gasteiger partial charge in [0.15, 0.2) is 0 Å². The Morgan fingerprint density at radius 3 is 1.58 bits per heavy atom. The van der Waals surface area contributed by atoms with Crippen LogP contribution in [0.2, 0.25) is 0 Å². The van der Waals surface area contributed by atoms with Gasteiger partial charge in [-0.3, -0.25) is 13.7 Å². The number of pyridine rings is 1. The second-order valence-electron chi connectivity index (χ2n) is 16.6. The van der Waals surface area contributed by atoms with Gasteiger partial charge in [-0.15, -0.1) is 0 Å². The number of benzene rings is 9. The molecule has 0 atom stereocenters. The van der Waals surface area contributed by atoms with Crippen molar-refractivity contribution in [1.29, 1.82) is 0 Å². The van der Waals surface area contributed by atoms with Gasteiger partial charge in [-0.1, -0.05) is 152 Å². The van der Waals surface area contributed by atoms with Crippen molar-refractivity contribution in [2.24, 2.45) is 0 Å². The molecule has 4 aromatic heterocycles. The molecule has 4 heterocycles. The minimum atomic E-state index is 0.718. The van der Waals surface area contributed by atoms with Crippen LogP contribution in [0, 0.1) is 6.33 Å². The highest BCUT2D eigenvalue weighted by molar-refractivity contribution is 6.10. The number of imidazole rings is 1. The topological polar surface area (TPSA) is 40.8 Å². The van der Waals surface area contributed by atoms with Crippen LogP contribution in [0.3, 0.4) is 0 Å². The number of nitrogens with zero attached hydrogens (tertiary/aromatic N) is 5. The summed E-state index contributed by atoms with van der Waals surface area (Å²) in [6.45, 7) is 0. The van der Waals surface area contributed by atoms with Crippen molar-refractivity contribution in [2.75, 3.05) is 0 Å². The van der Waals surface area contributed by atoms with Crippen LogP contribution in [-0.4, -0.2) is 18.7 Å². The summed E-state index contributed by atoms with van der Waals surface area (Å²) in [7, 11) is 0. The number of aromatic nitrogens is 5. The zero-order chi connectivity index (χ0) is 43.6. The van der Waals surface area contributed by atoms with Gasteiger partial charge < -0.3 is 9.30 Å². The van der Waals surface area contributed by atoms with Crippen LogP contribution in [0.15, 0.2) is 237 Å². The first kappa shape index (κ1) is 37.5. The first-order chi connectivity index (χ1) is 32.7. The summed E-state index contributed by atoms with van der Waals surface area (Å²) < 4.78 is 15.7. The lowest BCUT2D eigenvalue weighted by Gasteiger charge is -2.20. The van der Waals surface area contributed by atoms with Gasteiger partial charge in [0, 0.05) is 39.5 Å². The fourth-order valence-electron chi connectivity index (χ4n) is 9.85. The summed E-state index contributed by atoms with van der Waals surface area (Å²) >= 11 is 0. The summed E-state index contributed by atoms with van der Waals surface area (Å²) in [6, 6.07) is 81.1. The molecule has 13 rings (SSSR count). The second-order valence-corrected chi connectivity index (χ2v) is 16.6. The molecule has 0 aliphatic carbocycles. The standard InChI is InChI=1S/C60H39N5O/c1-3-18-41(19-4-1)51-37-44(64-53-27-10-7-24-47(53)48-25-8-11-28-54(48)64)38-52(42-20-5-2-6-21-42)60(51)63-40-62(56-30-13-14-31-57(56)63)43-22-17-23-45(36-43)66-46-33-34-50-49-26-9-12-29-55(49)65(58(50)39-46)59-32-15-16-35-61-59/h1-39H. The summed E-state index contributed by atoms with van der Waals surface area (Å²) in [5, 5.41) is 4.76. The Kier molecular flexibility index (Phi) is 8.74. The van der Waals surface area contributed by atoms with E-state index < -0.39 is 0 Å². The van der Waals surface area contributed by atoms with Gasteiger partial charge in [-0.05, 0) is 95.1 Å². The van der Waals surface area contributed by atoms with Gasteiger partial charge in [-0.2, -0.15) is 0 Å². The smallest absolute Gasteiger partial charge is 0.269 e. The molecular weight excluding hydrogens is 807 g/mol. The maximum Gasteiger partial charge on any atom is 0.269 e. The Morgan fingerprint density at radius 1 is 0.394 bits per heavy atom. The van der Waals surface area contributed by atoms with E-state index in [9.17, 15) is 0 Å². The van der Waals surface area contributed by atoms with Crippen molar-refractivity contribution in [3.63, 3.8) is 0 Å². The number of rotatable bonds is 8. The second kappa shape index (κ2) is 15.4. The monoisotopic (exact) mass is 845 g/mol. The molecule has 0 amide bonds. The lowest BCUT2D eigenvalue weighted by Crippen LogP contribution is -2.31. The zero-order valence-electron chi connectivity index (χ0n) is 35.7. The molecule has 0 unspecified atom stereocenters. The number of hydrogen-bond donors (Lipinski definition) is 0. The van der Waals surface area contributed by atoms with Crippen molar-refractivity contribution >= 4 is 54.6 Å². The minimum absolute atomic E-state index is 0.718. The SMILES string of the molecule is [c-]1n(-c2cccc(Oc3ccc4c5ccccc5n(-c5ccccn5)c4c3)c2)c2ccccc2[n+]1-c1c(-c2ccccc2)cc(-n2c3ccccc3c3ccccc32)cc1-c1ccccc1. The van der Waals surface area contributed by atoms with E-state index in [0.29, 0.717) is 0 Å². The Hall–Kier alpha value is -9.00. The predicted octanol–water partition coefficient (Wildman–Crippen LogP) is 14.4. The Morgan fingerprint density at radius 2 is 0.939 bits per heavy atom. The molecule has 66 heavy (non-hydrogen) atoms. The quantitative estimate of drug-likeness (QED) is 0.113. The third-order valence-corrected chi connectivity index (χ3v) is 12.7. The van der Waals surface area contributed by atoms with E-state index in [1.165, 1.54) is 16.2 Å². The van der Waals surface area contributed by atoms with E-state index in [1.807, 2.05) is 36.5 Å². The van der Waals surface area contributed by atoms with Crippen LogP contribution in [0.1, 0.15) is 0 Å². The third-order valence-electron chi connectivity index (χ3n) is 12.7. The largest absolute Gasteiger partial charge is 0.458 e. The van der Waals surface area contributed by atoms with Gasteiger partial charge in [0.2, 0.25) is 0 Å². The highest BCUT2D eigenvalue weighted by atomic mass is 16.5. The maximum atomic E-state index is 6.73. The molecule has 6 nitrogen and oxygen atoms in total. The molecule has 13 aromatic rings. The molecule has 0 radical (unpaired) electrons. The number of ether oxygens (including phenoxy) is 1. The van der Waals surface area contributed by atoms with Crippen LogP contribution in [0.4, 0.5) is 0 Å². The molecule has 9 aromatic carbocycles. The van der Waals surface area contributed by atoms with Crippen molar-refractivity contribution in [1.82, 2.24) is 18.7 Å². The van der Waals surface area contributed by atoms with E-state index in [-0.39, 0.29) is 0 Å². The molecule has 0 aliphatic rings. The van der Waals surface area contributed by atoms with Crippen LogP contribution in [-0.2, 0) is 0 Å². The van der Waals surface area contributed by atoms with E-state index in [1.54, 1.807) is 0 Å². The summed E-state index contributed by atoms with van der Waals surface area (Å²) in [5.74, 6) is 2.31. The summed E-state index contributed by atoms with van der Waals surface area (Å²) in [4.78, 5) is 4.72. The molecule has 0 saturated carbocycles. The molecule has 6 heteroatoms. The molecule has 310 valence electrons. The van der Waals surface area contributed by atoms with Gasteiger partial charge >= 0.3 is 0 Å². The van der Waals surface area contributed by atoms with Crippen molar-refractivity contribution in [3.05, 3.63) is 243 Å². The van der Waals surface area contributed by atoms with Crippen LogP contribution >= 0.6 is 0 Å². The minimum Gasteiger partial charge on any atom is -0.458 e. The third kappa shape index (κ3) is 6.11. The summed E-state index contributed by atoms with van der Waals surface area (Å²) in [5.41, 5.74) is 13.9. The average Bonchev–Trinajstić information content (AvgIpc) is 4.05.